The maximum Gasteiger partial charge on any atom is 0.328 e. The molecule has 0 spiro atoms. The average Bonchev–Trinajstić information content (AvgIpc) is 2.59. The summed E-state index contributed by atoms with van der Waals surface area (Å²) in [6.45, 7) is 0.433. The molecule has 1 aliphatic heterocycles. The van der Waals surface area contributed by atoms with Gasteiger partial charge in [0, 0.05) is 13.2 Å². The molecule has 1 saturated heterocycles. The summed E-state index contributed by atoms with van der Waals surface area (Å²) in [5, 5.41) is 9.06. The summed E-state index contributed by atoms with van der Waals surface area (Å²) < 4.78 is 0. The van der Waals surface area contributed by atoms with Crippen molar-refractivity contribution in [2.24, 2.45) is 0 Å². The topological polar surface area (TPSA) is 73.7 Å². The van der Waals surface area contributed by atoms with Crippen molar-refractivity contribution in [3.8, 4) is 0 Å². The summed E-state index contributed by atoms with van der Waals surface area (Å²) in [6, 6.07) is 4.28. The van der Waals surface area contributed by atoms with Gasteiger partial charge in [-0.25, -0.2) is 9.59 Å². The Balaban J connectivity index is 2.18. The summed E-state index contributed by atoms with van der Waals surface area (Å²) in [7, 11) is 1.59. The van der Waals surface area contributed by atoms with Gasteiger partial charge < -0.3 is 14.9 Å². The molecule has 0 aromatic carbocycles. The van der Waals surface area contributed by atoms with Crippen LogP contribution in [0.1, 0.15) is 5.69 Å². The number of aliphatic carboxylic acids is 1. The molecule has 0 radical (unpaired) electrons. The van der Waals surface area contributed by atoms with E-state index in [1.165, 1.54) is 9.80 Å². The molecule has 1 aliphatic rings. The Hall–Kier alpha value is -2.11. The van der Waals surface area contributed by atoms with Crippen molar-refractivity contribution in [2.45, 2.75) is 12.6 Å². The van der Waals surface area contributed by atoms with Gasteiger partial charge in [-0.2, -0.15) is 0 Å². The predicted molar refractivity (Wildman–Crippen MR) is 59.2 cm³/mol. The number of likely N-dealkylation sites (N-methyl/N-ethyl adjacent to an activating group) is 1. The van der Waals surface area contributed by atoms with E-state index in [1.807, 2.05) is 6.07 Å². The lowest BCUT2D eigenvalue weighted by Gasteiger charge is -2.19. The monoisotopic (exact) mass is 235 g/mol. The summed E-state index contributed by atoms with van der Waals surface area (Å²) in [4.78, 5) is 29.7. The number of hydrogen-bond acceptors (Lipinski definition) is 3. The molecule has 1 N–H and O–H groups in total. The van der Waals surface area contributed by atoms with Crippen LogP contribution in [0.5, 0.6) is 0 Å². The number of rotatable bonds is 3. The van der Waals surface area contributed by atoms with E-state index in [-0.39, 0.29) is 19.1 Å². The van der Waals surface area contributed by atoms with Crippen molar-refractivity contribution < 1.29 is 14.7 Å². The van der Waals surface area contributed by atoms with Gasteiger partial charge in [0.15, 0.2) is 0 Å². The third-order valence-corrected chi connectivity index (χ3v) is 2.74. The molecule has 2 heterocycles. The zero-order valence-corrected chi connectivity index (χ0v) is 9.41. The van der Waals surface area contributed by atoms with Gasteiger partial charge in [-0.15, -0.1) is 0 Å². The van der Waals surface area contributed by atoms with E-state index in [9.17, 15) is 9.59 Å². The van der Waals surface area contributed by atoms with Crippen molar-refractivity contribution in [3.63, 3.8) is 0 Å². The highest BCUT2D eigenvalue weighted by Gasteiger charge is 2.39. The highest BCUT2D eigenvalue weighted by atomic mass is 16.4. The molecule has 1 aromatic rings. The second-order valence-corrected chi connectivity index (χ2v) is 3.97. The minimum atomic E-state index is -0.987. The van der Waals surface area contributed by atoms with Crippen molar-refractivity contribution >= 4 is 12.0 Å². The van der Waals surface area contributed by atoms with Gasteiger partial charge >= 0.3 is 12.0 Å². The largest absolute Gasteiger partial charge is 0.480 e. The number of carbonyl (C=O) groups excluding carboxylic acids is 1. The zero-order chi connectivity index (χ0) is 12.4. The molecule has 1 unspecified atom stereocenters. The standard InChI is InChI=1S/C11H13N3O3/c1-13-7-9(10(15)16)14(11(13)17)6-8-4-2-3-5-12-8/h2-5,9H,6-7H2,1H3,(H,15,16). The Kier molecular flexibility index (Phi) is 2.95. The summed E-state index contributed by atoms with van der Waals surface area (Å²) in [6.07, 6.45) is 1.62. The number of urea groups is 1. The molecule has 0 saturated carbocycles. The van der Waals surface area contributed by atoms with E-state index in [4.69, 9.17) is 5.11 Å². The van der Waals surface area contributed by atoms with E-state index >= 15 is 0 Å². The lowest BCUT2D eigenvalue weighted by molar-refractivity contribution is -0.141. The van der Waals surface area contributed by atoms with Gasteiger partial charge in [0.05, 0.1) is 18.8 Å². The molecule has 1 atom stereocenters. The van der Waals surface area contributed by atoms with Crippen LogP contribution >= 0.6 is 0 Å². The second-order valence-electron chi connectivity index (χ2n) is 3.97. The van der Waals surface area contributed by atoms with Gasteiger partial charge in [-0.05, 0) is 12.1 Å². The van der Waals surface area contributed by atoms with Crippen molar-refractivity contribution in [1.82, 2.24) is 14.8 Å². The van der Waals surface area contributed by atoms with Gasteiger partial charge in [0.25, 0.3) is 0 Å². The molecule has 2 amide bonds. The van der Waals surface area contributed by atoms with Crippen LogP contribution in [0.15, 0.2) is 24.4 Å². The predicted octanol–water partition coefficient (Wildman–Crippen LogP) is 0.402. The number of carboxylic acids is 1. The van der Waals surface area contributed by atoms with Crippen LogP contribution in [0.25, 0.3) is 0 Å². The Labute approximate surface area is 98.5 Å². The van der Waals surface area contributed by atoms with Crippen molar-refractivity contribution in [3.05, 3.63) is 30.1 Å². The number of pyridine rings is 1. The fourth-order valence-electron chi connectivity index (χ4n) is 1.84. The van der Waals surface area contributed by atoms with Gasteiger partial charge in [0.1, 0.15) is 6.04 Å². The van der Waals surface area contributed by atoms with Crippen LogP contribution in [-0.4, -0.2) is 51.5 Å². The Morgan fingerprint density at radius 2 is 2.35 bits per heavy atom. The third-order valence-electron chi connectivity index (χ3n) is 2.74. The molecule has 0 aliphatic carbocycles. The van der Waals surface area contributed by atoms with Crippen LogP contribution in [0.2, 0.25) is 0 Å². The molecular formula is C11H13N3O3. The normalized spacial score (nSPS) is 19.8. The van der Waals surface area contributed by atoms with Crippen LogP contribution in [0.3, 0.4) is 0 Å². The molecule has 17 heavy (non-hydrogen) atoms. The molecule has 6 heteroatoms. The summed E-state index contributed by atoms with van der Waals surface area (Å²) in [5.74, 6) is -0.987. The minimum absolute atomic E-state index is 0.209. The van der Waals surface area contributed by atoms with Crippen molar-refractivity contribution in [1.29, 1.82) is 0 Å². The number of nitrogens with zero attached hydrogens (tertiary/aromatic N) is 3. The molecular weight excluding hydrogens is 222 g/mol. The van der Waals surface area contributed by atoms with Gasteiger partial charge in [0.2, 0.25) is 0 Å². The minimum Gasteiger partial charge on any atom is -0.480 e. The average molecular weight is 235 g/mol. The summed E-state index contributed by atoms with van der Waals surface area (Å²) >= 11 is 0. The van der Waals surface area contributed by atoms with E-state index < -0.39 is 12.0 Å². The van der Waals surface area contributed by atoms with Crippen LogP contribution < -0.4 is 0 Å². The number of hydrogen-bond donors (Lipinski definition) is 1. The number of carboxylic acid groups (broad SMARTS) is 1. The molecule has 0 bridgehead atoms. The Bertz CT molecular complexity index is 435. The fraction of sp³-hybridized carbons (Fsp3) is 0.364. The maximum atomic E-state index is 11.8. The first-order valence-electron chi connectivity index (χ1n) is 5.24. The van der Waals surface area contributed by atoms with Gasteiger partial charge in [-0.1, -0.05) is 6.07 Å². The Morgan fingerprint density at radius 3 is 2.94 bits per heavy atom. The number of aromatic nitrogens is 1. The molecule has 1 fully saturated rings. The van der Waals surface area contributed by atoms with Crippen LogP contribution in [-0.2, 0) is 11.3 Å². The van der Waals surface area contributed by atoms with E-state index in [0.717, 1.165) is 0 Å². The first-order chi connectivity index (χ1) is 8.09. The first kappa shape index (κ1) is 11.4. The highest BCUT2D eigenvalue weighted by Crippen LogP contribution is 2.17. The number of carbonyl (C=O) groups is 2. The quantitative estimate of drug-likeness (QED) is 0.823. The zero-order valence-electron chi connectivity index (χ0n) is 9.41. The van der Waals surface area contributed by atoms with E-state index in [0.29, 0.717) is 5.69 Å². The third kappa shape index (κ3) is 2.20. The summed E-state index contributed by atoms with van der Waals surface area (Å²) in [5.41, 5.74) is 0.683. The maximum absolute atomic E-state index is 11.8. The van der Waals surface area contributed by atoms with E-state index in [1.54, 1.807) is 25.4 Å². The lowest BCUT2D eigenvalue weighted by atomic mass is 10.2. The second kappa shape index (κ2) is 4.40. The molecule has 2 rings (SSSR count). The smallest absolute Gasteiger partial charge is 0.328 e. The number of amides is 2. The SMILES string of the molecule is CN1CC(C(=O)O)N(Cc2ccccn2)C1=O. The lowest BCUT2D eigenvalue weighted by Crippen LogP contribution is -2.39. The highest BCUT2D eigenvalue weighted by molar-refractivity contribution is 5.86. The fourth-order valence-corrected chi connectivity index (χ4v) is 1.84. The van der Waals surface area contributed by atoms with Crippen LogP contribution in [0.4, 0.5) is 4.79 Å². The molecule has 90 valence electrons. The molecule has 1 aromatic heterocycles. The van der Waals surface area contributed by atoms with Crippen LogP contribution in [0, 0.1) is 0 Å². The first-order valence-corrected chi connectivity index (χ1v) is 5.24. The van der Waals surface area contributed by atoms with E-state index in [2.05, 4.69) is 4.98 Å². The molecule has 6 nitrogen and oxygen atoms in total. The Morgan fingerprint density at radius 1 is 1.59 bits per heavy atom. The van der Waals surface area contributed by atoms with Crippen molar-refractivity contribution in [2.75, 3.05) is 13.6 Å². The van der Waals surface area contributed by atoms with Gasteiger partial charge in [-0.3, -0.25) is 4.98 Å².